The molecular weight excluding hydrogens is 308 g/mol. The Morgan fingerprint density at radius 3 is 2.83 bits per heavy atom. The highest BCUT2D eigenvalue weighted by atomic mass is 32.1. The van der Waals surface area contributed by atoms with Gasteiger partial charge in [-0.15, -0.1) is 11.3 Å². The molecular formula is C18H30N2O2S. The highest BCUT2D eigenvalue weighted by Gasteiger charge is 2.25. The molecule has 1 heterocycles. The molecule has 23 heavy (non-hydrogen) atoms. The Morgan fingerprint density at radius 2 is 2.17 bits per heavy atom. The minimum Gasteiger partial charge on any atom is -0.444 e. The molecule has 2 rings (SSSR count). The molecule has 5 heteroatoms. The topological polar surface area (TPSA) is 50.4 Å². The maximum absolute atomic E-state index is 12.0. The summed E-state index contributed by atoms with van der Waals surface area (Å²) in [5.74, 6) is 0.348. The van der Waals surface area contributed by atoms with Crippen LogP contribution in [0.2, 0.25) is 0 Å². The summed E-state index contributed by atoms with van der Waals surface area (Å²) in [5, 5.41) is 8.84. The second-order valence-electron chi connectivity index (χ2n) is 7.65. The van der Waals surface area contributed by atoms with Gasteiger partial charge in [0.25, 0.3) is 0 Å². The fraction of sp³-hybridized carbons (Fsp3) is 0.722. The maximum atomic E-state index is 12.0. The fourth-order valence-corrected chi connectivity index (χ4v) is 3.87. The number of rotatable bonds is 5. The summed E-state index contributed by atoms with van der Waals surface area (Å²) >= 11 is 1.86. The summed E-state index contributed by atoms with van der Waals surface area (Å²) in [6.45, 7) is 10.7. The highest BCUT2D eigenvalue weighted by molar-refractivity contribution is 7.10. The fourth-order valence-electron chi connectivity index (χ4n) is 2.88. The molecule has 0 bridgehead atoms. The third-order valence-electron chi connectivity index (χ3n) is 4.14. The lowest BCUT2D eigenvalue weighted by molar-refractivity contribution is 0.0489. The number of carbonyl (C=O) groups is 1. The molecule has 4 nitrogen and oxygen atoms in total. The number of hydrogen-bond donors (Lipinski definition) is 2. The molecule has 1 amide bonds. The first kappa shape index (κ1) is 18.3. The van der Waals surface area contributed by atoms with E-state index >= 15 is 0 Å². The van der Waals surface area contributed by atoms with Gasteiger partial charge >= 0.3 is 6.09 Å². The van der Waals surface area contributed by atoms with Gasteiger partial charge in [-0.3, -0.25) is 0 Å². The number of ether oxygens (including phenoxy) is 1. The Morgan fingerprint density at radius 1 is 1.43 bits per heavy atom. The van der Waals surface area contributed by atoms with Gasteiger partial charge in [-0.05, 0) is 63.0 Å². The van der Waals surface area contributed by atoms with Crippen molar-refractivity contribution in [3.8, 4) is 0 Å². The van der Waals surface area contributed by atoms with Crippen LogP contribution in [0, 0.1) is 5.92 Å². The van der Waals surface area contributed by atoms with Crippen molar-refractivity contribution in [3.05, 3.63) is 21.9 Å². The standard InChI is InChI=1S/C18H30N2O2S/c1-12(2)15(20-17(21)22-18(3,4)5)11-19-14-7-6-8-16-13(14)9-10-23-16/h9-10,12,14-15,19H,6-8,11H2,1-5H3,(H,20,21). The van der Waals surface area contributed by atoms with Crippen LogP contribution in [-0.2, 0) is 11.2 Å². The highest BCUT2D eigenvalue weighted by Crippen LogP contribution is 2.33. The molecule has 2 unspecified atom stereocenters. The molecule has 130 valence electrons. The number of carbonyl (C=O) groups excluding carboxylic acids is 1. The summed E-state index contributed by atoms with van der Waals surface area (Å²) in [5.41, 5.74) is 0.981. The molecule has 1 aromatic heterocycles. The second kappa shape index (κ2) is 7.67. The average Bonchev–Trinajstić information content (AvgIpc) is 2.90. The number of alkyl carbamates (subject to hydrolysis) is 1. The lowest BCUT2D eigenvalue weighted by Crippen LogP contribution is -2.47. The first-order valence-corrected chi connectivity index (χ1v) is 9.43. The minimum atomic E-state index is -0.464. The van der Waals surface area contributed by atoms with Crippen molar-refractivity contribution in [2.24, 2.45) is 5.92 Å². The summed E-state index contributed by atoms with van der Waals surface area (Å²) < 4.78 is 5.38. The van der Waals surface area contributed by atoms with E-state index in [9.17, 15) is 4.79 Å². The van der Waals surface area contributed by atoms with Crippen molar-refractivity contribution in [1.29, 1.82) is 0 Å². The van der Waals surface area contributed by atoms with Crippen LogP contribution >= 0.6 is 11.3 Å². The Labute approximate surface area is 144 Å². The van der Waals surface area contributed by atoms with E-state index < -0.39 is 5.60 Å². The van der Waals surface area contributed by atoms with Gasteiger partial charge in [-0.1, -0.05) is 13.8 Å². The molecule has 1 aliphatic carbocycles. The Balaban J connectivity index is 1.90. The number of thiophene rings is 1. The van der Waals surface area contributed by atoms with Crippen LogP contribution in [0.15, 0.2) is 11.4 Å². The van der Waals surface area contributed by atoms with Crippen molar-refractivity contribution in [2.75, 3.05) is 6.54 Å². The Kier molecular flexibility index (Phi) is 6.09. The van der Waals surface area contributed by atoms with Crippen molar-refractivity contribution in [3.63, 3.8) is 0 Å². The Bertz CT molecular complexity index is 519. The molecule has 1 aromatic rings. The molecule has 0 fully saturated rings. The number of aryl methyl sites for hydroxylation is 1. The van der Waals surface area contributed by atoms with E-state index in [-0.39, 0.29) is 12.1 Å². The van der Waals surface area contributed by atoms with Gasteiger partial charge in [-0.2, -0.15) is 0 Å². The molecule has 0 radical (unpaired) electrons. The Hall–Kier alpha value is -1.07. The molecule has 2 N–H and O–H groups in total. The first-order valence-electron chi connectivity index (χ1n) is 8.55. The number of nitrogens with one attached hydrogen (secondary N) is 2. The van der Waals surface area contributed by atoms with Gasteiger partial charge in [0.2, 0.25) is 0 Å². The van der Waals surface area contributed by atoms with Crippen molar-refractivity contribution in [1.82, 2.24) is 10.6 Å². The SMILES string of the molecule is CC(C)C(CNC1CCCc2sccc21)NC(=O)OC(C)(C)C. The van der Waals surface area contributed by atoms with Crippen LogP contribution in [-0.4, -0.2) is 24.3 Å². The van der Waals surface area contributed by atoms with Gasteiger partial charge in [0, 0.05) is 23.5 Å². The van der Waals surface area contributed by atoms with Gasteiger partial charge in [-0.25, -0.2) is 4.79 Å². The van der Waals surface area contributed by atoms with Crippen molar-refractivity contribution >= 4 is 17.4 Å². The molecule has 2 atom stereocenters. The zero-order valence-corrected chi connectivity index (χ0v) is 15.8. The monoisotopic (exact) mass is 338 g/mol. The lowest BCUT2D eigenvalue weighted by Gasteiger charge is -2.29. The molecule has 0 aliphatic heterocycles. The van der Waals surface area contributed by atoms with E-state index in [1.54, 1.807) is 0 Å². The summed E-state index contributed by atoms with van der Waals surface area (Å²) in [6, 6.07) is 2.71. The van der Waals surface area contributed by atoms with E-state index in [2.05, 4.69) is 35.9 Å². The normalized spacial score (nSPS) is 19.3. The molecule has 0 aromatic carbocycles. The maximum Gasteiger partial charge on any atom is 0.407 e. The van der Waals surface area contributed by atoms with Crippen LogP contribution in [0.4, 0.5) is 4.79 Å². The van der Waals surface area contributed by atoms with Crippen LogP contribution in [0.1, 0.15) is 63.9 Å². The smallest absolute Gasteiger partial charge is 0.407 e. The van der Waals surface area contributed by atoms with E-state index in [0.717, 1.165) is 6.54 Å². The molecule has 1 aliphatic rings. The van der Waals surface area contributed by atoms with E-state index in [1.807, 2.05) is 32.1 Å². The third kappa shape index (κ3) is 5.50. The van der Waals surface area contributed by atoms with Gasteiger partial charge in [0.15, 0.2) is 0 Å². The molecule has 0 saturated heterocycles. The number of fused-ring (bicyclic) bond motifs is 1. The van der Waals surface area contributed by atoms with Crippen LogP contribution in [0.5, 0.6) is 0 Å². The van der Waals surface area contributed by atoms with Crippen molar-refractivity contribution in [2.45, 2.75) is 71.6 Å². The van der Waals surface area contributed by atoms with Crippen LogP contribution in [0.3, 0.4) is 0 Å². The van der Waals surface area contributed by atoms with Crippen LogP contribution in [0.25, 0.3) is 0 Å². The van der Waals surface area contributed by atoms with Crippen LogP contribution < -0.4 is 10.6 Å². The second-order valence-corrected chi connectivity index (χ2v) is 8.65. The average molecular weight is 339 g/mol. The van der Waals surface area contributed by atoms with E-state index in [4.69, 9.17) is 4.74 Å². The molecule has 0 spiro atoms. The van der Waals surface area contributed by atoms with E-state index in [0.29, 0.717) is 12.0 Å². The predicted octanol–water partition coefficient (Wildman–Crippen LogP) is 4.26. The number of amides is 1. The van der Waals surface area contributed by atoms with Gasteiger partial charge < -0.3 is 15.4 Å². The zero-order chi connectivity index (χ0) is 17.0. The van der Waals surface area contributed by atoms with Crippen molar-refractivity contribution < 1.29 is 9.53 Å². The lowest BCUT2D eigenvalue weighted by atomic mass is 9.93. The first-order chi connectivity index (χ1) is 10.8. The quantitative estimate of drug-likeness (QED) is 0.843. The third-order valence-corrected chi connectivity index (χ3v) is 5.14. The van der Waals surface area contributed by atoms with E-state index in [1.165, 1.54) is 29.7 Å². The molecule has 0 saturated carbocycles. The minimum absolute atomic E-state index is 0.0638. The van der Waals surface area contributed by atoms with Gasteiger partial charge in [0.05, 0.1) is 0 Å². The predicted molar refractivity (Wildman–Crippen MR) is 96.0 cm³/mol. The zero-order valence-electron chi connectivity index (χ0n) is 14.9. The summed E-state index contributed by atoms with van der Waals surface area (Å²) in [6.07, 6.45) is 3.27. The summed E-state index contributed by atoms with van der Waals surface area (Å²) in [4.78, 5) is 13.5. The summed E-state index contributed by atoms with van der Waals surface area (Å²) in [7, 11) is 0. The largest absolute Gasteiger partial charge is 0.444 e. The number of hydrogen-bond acceptors (Lipinski definition) is 4. The van der Waals surface area contributed by atoms with Gasteiger partial charge in [0.1, 0.15) is 5.60 Å².